The number of pyridine rings is 1. The molecule has 134 valence electrons. The Bertz CT molecular complexity index is 938. The van der Waals surface area contributed by atoms with E-state index in [0.29, 0.717) is 5.02 Å². The summed E-state index contributed by atoms with van der Waals surface area (Å²) in [5.41, 5.74) is 2.47. The van der Waals surface area contributed by atoms with Crippen LogP contribution in [0.2, 0.25) is 5.02 Å². The molecular formula is C22H23ClN2O. The summed E-state index contributed by atoms with van der Waals surface area (Å²) in [6.45, 7) is 4.14. The first-order chi connectivity index (χ1) is 12.5. The van der Waals surface area contributed by atoms with Crippen LogP contribution in [0, 0.1) is 0 Å². The lowest BCUT2D eigenvalue weighted by molar-refractivity contribution is -0.131. The van der Waals surface area contributed by atoms with Crippen molar-refractivity contribution in [2.75, 3.05) is 7.05 Å². The number of nitrogens with zero attached hydrogens (tertiary/aromatic N) is 2. The van der Waals surface area contributed by atoms with Crippen molar-refractivity contribution in [3.05, 3.63) is 65.3 Å². The number of carbonyl (C=O) groups excluding carboxylic acids is 1. The molecule has 3 nitrogen and oxygen atoms in total. The molecule has 3 aromatic rings. The molecule has 0 fully saturated rings. The minimum absolute atomic E-state index is 0.0761. The van der Waals surface area contributed by atoms with E-state index in [2.05, 4.69) is 13.8 Å². The highest BCUT2D eigenvalue weighted by molar-refractivity contribution is 6.33. The van der Waals surface area contributed by atoms with Gasteiger partial charge in [0.1, 0.15) is 0 Å². The Balaban J connectivity index is 2.06. The first-order valence-corrected chi connectivity index (χ1v) is 9.28. The van der Waals surface area contributed by atoms with E-state index in [1.54, 1.807) is 4.90 Å². The van der Waals surface area contributed by atoms with Gasteiger partial charge in [0, 0.05) is 29.1 Å². The van der Waals surface area contributed by atoms with E-state index >= 15 is 0 Å². The maximum Gasteiger partial charge on any atom is 0.228 e. The Morgan fingerprint density at radius 2 is 1.85 bits per heavy atom. The molecule has 0 spiro atoms. The van der Waals surface area contributed by atoms with Gasteiger partial charge >= 0.3 is 0 Å². The predicted octanol–water partition coefficient (Wildman–Crippen LogP) is 5.35. The van der Waals surface area contributed by atoms with Crippen LogP contribution in [0.1, 0.15) is 26.0 Å². The highest BCUT2D eigenvalue weighted by atomic mass is 35.5. The molecular weight excluding hydrogens is 344 g/mol. The van der Waals surface area contributed by atoms with E-state index < -0.39 is 0 Å². The highest BCUT2D eigenvalue weighted by Gasteiger charge is 2.17. The van der Waals surface area contributed by atoms with E-state index in [9.17, 15) is 4.79 Å². The zero-order chi connectivity index (χ0) is 18.7. The molecule has 0 radical (unpaired) electrons. The van der Waals surface area contributed by atoms with Gasteiger partial charge < -0.3 is 4.90 Å². The maximum atomic E-state index is 12.6. The third-order valence-corrected chi connectivity index (χ3v) is 5.23. The number of amides is 1. The molecule has 0 aliphatic rings. The molecule has 1 aromatic heterocycles. The lowest BCUT2D eigenvalue weighted by atomic mass is 10.0. The molecule has 0 aliphatic heterocycles. The van der Waals surface area contributed by atoms with E-state index in [-0.39, 0.29) is 18.4 Å². The van der Waals surface area contributed by atoms with Gasteiger partial charge in [-0.05, 0) is 30.9 Å². The average Bonchev–Trinajstić information content (AvgIpc) is 2.66. The molecule has 26 heavy (non-hydrogen) atoms. The van der Waals surface area contributed by atoms with Crippen LogP contribution in [0.3, 0.4) is 0 Å². The normalized spacial score (nSPS) is 12.2. The quantitative estimate of drug-likeness (QED) is 0.609. The van der Waals surface area contributed by atoms with Gasteiger partial charge in [0.25, 0.3) is 0 Å². The Morgan fingerprint density at radius 1 is 1.15 bits per heavy atom. The molecule has 2 aromatic carbocycles. The van der Waals surface area contributed by atoms with Crippen molar-refractivity contribution >= 4 is 28.3 Å². The van der Waals surface area contributed by atoms with Crippen molar-refractivity contribution in [1.82, 2.24) is 9.88 Å². The third kappa shape index (κ3) is 3.73. The van der Waals surface area contributed by atoms with Crippen molar-refractivity contribution in [2.45, 2.75) is 32.7 Å². The molecule has 1 heterocycles. The van der Waals surface area contributed by atoms with E-state index in [1.807, 2.05) is 61.6 Å². The van der Waals surface area contributed by atoms with Gasteiger partial charge in [-0.15, -0.1) is 0 Å². The fourth-order valence-corrected chi connectivity index (χ4v) is 3.23. The van der Waals surface area contributed by atoms with Gasteiger partial charge in [0.2, 0.25) is 5.91 Å². The third-order valence-electron chi connectivity index (χ3n) is 4.90. The number of halogens is 1. The molecule has 0 aliphatic carbocycles. The fraction of sp³-hybridized carbons (Fsp3) is 0.273. The van der Waals surface area contributed by atoms with Crippen molar-refractivity contribution in [3.63, 3.8) is 0 Å². The van der Waals surface area contributed by atoms with Crippen LogP contribution in [0.15, 0.2) is 54.6 Å². The minimum atomic E-state index is 0.0761. The number of rotatable bonds is 5. The first-order valence-electron chi connectivity index (χ1n) is 8.90. The van der Waals surface area contributed by atoms with Gasteiger partial charge in [-0.1, -0.05) is 61.0 Å². The summed E-state index contributed by atoms with van der Waals surface area (Å²) in [6, 6.07) is 18.0. The zero-order valence-corrected chi connectivity index (χ0v) is 16.1. The molecule has 3 rings (SSSR count). The molecule has 1 unspecified atom stereocenters. The van der Waals surface area contributed by atoms with E-state index in [0.717, 1.165) is 34.1 Å². The SMILES string of the molecule is CCC(C)N(C)C(=O)Cc1cc2ccccc2c(-c2ccccc2Cl)n1. The lowest BCUT2D eigenvalue weighted by Crippen LogP contribution is -2.35. The standard InChI is InChI=1S/C22H23ClN2O/c1-4-15(2)25(3)21(26)14-17-13-16-9-5-6-10-18(16)22(24-17)19-11-7-8-12-20(19)23/h5-13,15H,4,14H2,1-3H3. The molecule has 0 N–H and O–H groups in total. The topological polar surface area (TPSA) is 33.2 Å². The monoisotopic (exact) mass is 366 g/mol. The molecule has 1 amide bonds. The molecule has 4 heteroatoms. The Kier molecular flexibility index (Phi) is 5.58. The van der Waals surface area contributed by atoms with Crippen molar-refractivity contribution in [3.8, 4) is 11.3 Å². The van der Waals surface area contributed by atoms with E-state index in [4.69, 9.17) is 16.6 Å². The van der Waals surface area contributed by atoms with E-state index in [1.165, 1.54) is 0 Å². The summed E-state index contributed by atoms with van der Waals surface area (Å²) < 4.78 is 0. The summed E-state index contributed by atoms with van der Waals surface area (Å²) >= 11 is 6.41. The van der Waals surface area contributed by atoms with Crippen LogP contribution < -0.4 is 0 Å². The van der Waals surface area contributed by atoms with Crippen LogP contribution in [0.5, 0.6) is 0 Å². The van der Waals surface area contributed by atoms with Crippen molar-refractivity contribution < 1.29 is 4.79 Å². The van der Waals surface area contributed by atoms with Crippen LogP contribution in [0.4, 0.5) is 0 Å². The number of carbonyl (C=O) groups is 1. The Hall–Kier alpha value is -2.39. The number of fused-ring (bicyclic) bond motifs is 1. The number of benzene rings is 2. The number of likely N-dealkylation sites (N-methyl/N-ethyl adjacent to an activating group) is 1. The summed E-state index contributed by atoms with van der Waals surface area (Å²) in [7, 11) is 1.85. The zero-order valence-electron chi connectivity index (χ0n) is 15.4. The summed E-state index contributed by atoms with van der Waals surface area (Å²) in [5, 5.41) is 2.75. The van der Waals surface area contributed by atoms with Crippen LogP contribution in [-0.2, 0) is 11.2 Å². The molecule has 0 saturated carbocycles. The van der Waals surface area contributed by atoms with Gasteiger partial charge in [-0.3, -0.25) is 9.78 Å². The smallest absolute Gasteiger partial charge is 0.228 e. The largest absolute Gasteiger partial charge is 0.343 e. The summed E-state index contributed by atoms with van der Waals surface area (Å²) in [4.78, 5) is 19.2. The van der Waals surface area contributed by atoms with Crippen LogP contribution in [-0.4, -0.2) is 28.9 Å². The second kappa shape index (κ2) is 7.88. The highest BCUT2D eigenvalue weighted by Crippen LogP contribution is 2.32. The minimum Gasteiger partial charge on any atom is -0.343 e. The second-order valence-electron chi connectivity index (χ2n) is 6.60. The molecule has 0 bridgehead atoms. The van der Waals surface area contributed by atoms with Gasteiger partial charge in [-0.2, -0.15) is 0 Å². The van der Waals surface area contributed by atoms with Gasteiger partial charge in [-0.25, -0.2) is 0 Å². The van der Waals surface area contributed by atoms with Crippen LogP contribution in [0.25, 0.3) is 22.0 Å². The first kappa shape index (κ1) is 18.4. The van der Waals surface area contributed by atoms with Crippen LogP contribution >= 0.6 is 11.6 Å². The lowest BCUT2D eigenvalue weighted by Gasteiger charge is -2.24. The number of hydrogen-bond acceptors (Lipinski definition) is 2. The molecule has 0 saturated heterocycles. The summed E-state index contributed by atoms with van der Waals surface area (Å²) in [6.07, 6.45) is 1.21. The average molecular weight is 367 g/mol. The van der Waals surface area contributed by atoms with Crippen molar-refractivity contribution in [2.24, 2.45) is 0 Å². The predicted molar refractivity (Wildman–Crippen MR) is 108 cm³/mol. The van der Waals surface area contributed by atoms with Crippen molar-refractivity contribution in [1.29, 1.82) is 0 Å². The Morgan fingerprint density at radius 3 is 2.58 bits per heavy atom. The Labute approximate surface area is 159 Å². The van der Waals surface area contributed by atoms with Gasteiger partial charge in [0.15, 0.2) is 0 Å². The summed E-state index contributed by atoms with van der Waals surface area (Å²) in [5.74, 6) is 0.0761. The van der Waals surface area contributed by atoms with Gasteiger partial charge in [0.05, 0.1) is 17.8 Å². The number of aromatic nitrogens is 1. The maximum absolute atomic E-state index is 12.6. The molecule has 1 atom stereocenters. The number of hydrogen-bond donors (Lipinski definition) is 0. The second-order valence-corrected chi connectivity index (χ2v) is 7.01. The fourth-order valence-electron chi connectivity index (χ4n) is 3.00.